The summed E-state index contributed by atoms with van der Waals surface area (Å²) >= 11 is 0. The van der Waals surface area contributed by atoms with Gasteiger partial charge in [-0.25, -0.2) is 0 Å². The summed E-state index contributed by atoms with van der Waals surface area (Å²) in [7, 11) is 0. The van der Waals surface area contributed by atoms with Crippen LogP contribution in [0.3, 0.4) is 0 Å². The number of aromatic nitrogens is 1. The van der Waals surface area contributed by atoms with Crippen LogP contribution in [0.2, 0.25) is 0 Å². The van der Waals surface area contributed by atoms with E-state index in [9.17, 15) is 5.11 Å². The van der Waals surface area contributed by atoms with Gasteiger partial charge in [0.1, 0.15) is 0 Å². The van der Waals surface area contributed by atoms with E-state index in [4.69, 9.17) is 0 Å². The molecule has 0 spiro atoms. The number of rotatable bonds is 7. The summed E-state index contributed by atoms with van der Waals surface area (Å²) < 4.78 is 0. The molecule has 0 aliphatic carbocycles. The highest BCUT2D eigenvalue weighted by atomic mass is 16.3. The molecule has 2 aromatic rings. The lowest BCUT2D eigenvalue weighted by Gasteiger charge is -2.20. The molecule has 1 N–H and O–H groups in total. The lowest BCUT2D eigenvalue weighted by atomic mass is 9.90. The van der Waals surface area contributed by atoms with Crippen molar-refractivity contribution in [2.45, 2.75) is 52.1 Å². The van der Waals surface area contributed by atoms with Crippen LogP contribution in [0, 0.1) is 5.92 Å². The molecular weight excluding hydrogens is 246 g/mol. The number of aliphatic hydroxyl groups excluding tert-OH is 1. The Morgan fingerprint density at radius 1 is 1.15 bits per heavy atom. The molecule has 1 heterocycles. The molecule has 0 fully saturated rings. The van der Waals surface area contributed by atoms with E-state index in [0.717, 1.165) is 29.3 Å². The van der Waals surface area contributed by atoms with Gasteiger partial charge in [0.15, 0.2) is 0 Å². The molecule has 0 saturated carbocycles. The second kappa shape index (κ2) is 7.39. The fraction of sp³-hybridized carbons (Fsp3) is 0.500. The molecule has 0 saturated heterocycles. The molecule has 108 valence electrons. The number of para-hydroxylation sites is 1. The SMILES string of the molecule is CCCCC(CC)CC(O)c1ccnc2ccccc12. The summed E-state index contributed by atoms with van der Waals surface area (Å²) in [5, 5.41) is 11.7. The third-order valence-corrected chi connectivity index (χ3v) is 4.14. The average molecular weight is 271 g/mol. The number of aliphatic hydroxyl groups is 1. The third kappa shape index (κ3) is 3.57. The average Bonchev–Trinajstić information content (AvgIpc) is 2.50. The smallest absolute Gasteiger partial charge is 0.0799 e. The molecule has 2 heteroatoms. The first-order valence-electron chi connectivity index (χ1n) is 7.78. The molecule has 1 aromatic heterocycles. The summed E-state index contributed by atoms with van der Waals surface area (Å²) in [6.07, 6.45) is 7.10. The zero-order valence-electron chi connectivity index (χ0n) is 12.5. The van der Waals surface area contributed by atoms with E-state index in [-0.39, 0.29) is 6.10 Å². The minimum Gasteiger partial charge on any atom is -0.388 e. The molecule has 2 unspecified atom stereocenters. The maximum absolute atomic E-state index is 10.6. The molecule has 0 radical (unpaired) electrons. The molecule has 20 heavy (non-hydrogen) atoms. The Morgan fingerprint density at radius 3 is 2.70 bits per heavy atom. The highest BCUT2D eigenvalue weighted by Gasteiger charge is 2.16. The maximum atomic E-state index is 10.6. The Morgan fingerprint density at radius 2 is 1.95 bits per heavy atom. The summed E-state index contributed by atoms with van der Waals surface area (Å²) in [6.45, 7) is 4.44. The number of hydrogen-bond acceptors (Lipinski definition) is 2. The van der Waals surface area contributed by atoms with Crippen molar-refractivity contribution in [3.8, 4) is 0 Å². The van der Waals surface area contributed by atoms with Crippen molar-refractivity contribution in [2.24, 2.45) is 5.92 Å². The van der Waals surface area contributed by atoms with Gasteiger partial charge in [-0.1, -0.05) is 57.7 Å². The first kappa shape index (κ1) is 15.0. The topological polar surface area (TPSA) is 33.1 Å². The number of pyridine rings is 1. The van der Waals surface area contributed by atoms with Gasteiger partial charge < -0.3 is 5.11 Å². The van der Waals surface area contributed by atoms with Crippen LogP contribution in [0.1, 0.15) is 57.6 Å². The van der Waals surface area contributed by atoms with Gasteiger partial charge in [-0.3, -0.25) is 4.98 Å². The van der Waals surface area contributed by atoms with Gasteiger partial charge in [-0.2, -0.15) is 0 Å². The Hall–Kier alpha value is -1.41. The molecule has 2 nitrogen and oxygen atoms in total. The molecule has 1 aromatic carbocycles. The van der Waals surface area contributed by atoms with Gasteiger partial charge in [0.2, 0.25) is 0 Å². The second-order valence-corrected chi connectivity index (χ2v) is 5.59. The number of fused-ring (bicyclic) bond motifs is 1. The van der Waals surface area contributed by atoms with E-state index >= 15 is 0 Å². The Labute approximate surface area is 121 Å². The number of benzene rings is 1. The van der Waals surface area contributed by atoms with Crippen LogP contribution in [-0.2, 0) is 0 Å². The minimum atomic E-state index is -0.385. The van der Waals surface area contributed by atoms with Gasteiger partial charge in [-0.15, -0.1) is 0 Å². The van der Waals surface area contributed by atoms with Crippen molar-refractivity contribution >= 4 is 10.9 Å². The zero-order valence-corrected chi connectivity index (χ0v) is 12.5. The van der Waals surface area contributed by atoms with Gasteiger partial charge in [0.25, 0.3) is 0 Å². The van der Waals surface area contributed by atoms with Crippen LogP contribution >= 0.6 is 0 Å². The lowest BCUT2D eigenvalue weighted by Crippen LogP contribution is -2.07. The van der Waals surface area contributed by atoms with Gasteiger partial charge in [0, 0.05) is 11.6 Å². The summed E-state index contributed by atoms with van der Waals surface area (Å²) in [6, 6.07) is 10.0. The molecule has 2 rings (SSSR count). The van der Waals surface area contributed by atoms with E-state index in [1.54, 1.807) is 6.20 Å². The predicted molar refractivity (Wildman–Crippen MR) is 84.6 cm³/mol. The first-order chi connectivity index (χ1) is 9.76. The van der Waals surface area contributed by atoms with Crippen LogP contribution in [0.5, 0.6) is 0 Å². The zero-order chi connectivity index (χ0) is 14.4. The van der Waals surface area contributed by atoms with Crippen LogP contribution in [0.25, 0.3) is 10.9 Å². The molecule has 2 atom stereocenters. The number of hydrogen-bond donors (Lipinski definition) is 1. The maximum Gasteiger partial charge on any atom is 0.0799 e. The minimum absolute atomic E-state index is 0.385. The highest BCUT2D eigenvalue weighted by molar-refractivity contribution is 5.82. The highest BCUT2D eigenvalue weighted by Crippen LogP contribution is 2.30. The van der Waals surface area contributed by atoms with Crippen LogP contribution in [0.4, 0.5) is 0 Å². The first-order valence-corrected chi connectivity index (χ1v) is 7.78. The summed E-state index contributed by atoms with van der Waals surface area (Å²) in [5.41, 5.74) is 1.98. The van der Waals surface area contributed by atoms with E-state index in [2.05, 4.69) is 18.8 Å². The van der Waals surface area contributed by atoms with Crippen LogP contribution < -0.4 is 0 Å². The summed E-state index contributed by atoms with van der Waals surface area (Å²) in [5.74, 6) is 0.608. The van der Waals surface area contributed by atoms with Crippen molar-refractivity contribution in [2.75, 3.05) is 0 Å². The van der Waals surface area contributed by atoms with Gasteiger partial charge >= 0.3 is 0 Å². The van der Waals surface area contributed by atoms with Crippen molar-refractivity contribution in [1.29, 1.82) is 0 Å². The van der Waals surface area contributed by atoms with E-state index in [1.165, 1.54) is 19.3 Å². The molecule has 0 amide bonds. The van der Waals surface area contributed by atoms with Crippen molar-refractivity contribution < 1.29 is 5.11 Å². The lowest BCUT2D eigenvalue weighted by molar-refractivity contribution is 0.140. The molecule has 0 aliphatic rings. The molecular formula is C18H25NO. The Kier molecular flexibility index (Phi) is 5.54. The van der Waals surface area contributed by atoms with Gasteiger partial charge in [0.05, 0.1) is 11.6 Å². The fourth-order valence-corrected chi connectivity index (χ4v) is 2.83. The standard InChI is InChI=1S/C18H25NO/c1-3-5-8-14(4-2)13-18(20)16-11-12-19-17-10-7-6-9-15(16)17/h6-7,9-12,14,18,20H,3-5,8,13H2,1-2H3. The van der Waals surface area contributed by atoms with Crippen molar-refractivity contribution in [3.63, 3.8) is 0 Å². The Bertz CT molecular complexity index is 532. The summed E-state index contributed by atoms with van der Waals surface area (Å²) in [4.78, 5) is 4.36. The number of unbranched alkanes of at least 4 members (excludes halogenated alkanes) is 1. The number of nitrogens with zero attached hydrogens (tertiary/aromatic N) is 1. The van der Waals surface area contributed by atoms with Crippen LogP contribution in [0.15, 0.2) is 36.5 Å². The second-order valence-electron chi connectivity index (χ2n) is 5.59. The Balaban J connectivity index is 2.16. The van der Waals surface area contributed by atoms with Crippen LogP contribution in [-0.4, -0.2) is 10.1 Å². The van der Waals surface area contributed by atoms with Crippen molar-refractivity contribution in [3.05, 3.63) is 42.1 Å². The normalized spacial score (nSPS) is 14.3. The monoisotopic (exact) mass is 271 g/mol. The predicted octanol–water partition coefficient (Wildman–Crippen LogP) is 4.87. The van der Waals surface area contributed by atoms with E-state index < -0.39 is 0 Å². The third-order valence-electron chi connectivity index (χ3n) is 4.14. The molecule has 0 aliphatic heterocycles. The fourth-order valence-electron chi connectivity index (χ4n) is 2.83. The van der Waals surface area contributed by atoms with E-state index in [0.29, 0.717) is 5.92 Å². The van der Waals surface area contributed by atoms with Crippen molar-refractivity contribution in [1.82, 2.24) is 4.98 Å². The molecule has 0 bridgehead atoms. The largest absolute Gasteiger partial charge is 0.388 e. The van der Waals surface area contributed by atoms with E-state index in [1.807, 2.05) is 30.3 Å². The van der Waals surface area contributed by atoms with Gasteiger partial charge in [-0.05, 0) is 30.0 Å². The quantitative estimate of drug-likeness (QED) is 0.779.